The highest BCUT2D eigenvalue weighted by Crippen LogP contribution is 2.18. The van der Waals surface area contributed by atoms with Crippen LogP contribution in [0.1, 0.15) is 18.2 Å². The average molecular weight is 211 g/mol. The molecule has 2 unspecified atom stereocenters. The van der Waals surface area contributed by atoms with Gasteiger partial charge in [0.2, 0.25) is 0 Å². The van der Waals surface area contributed by atoms with Crippen LogP contribution in [0.15, 0.2) is 17.5 Å². The standard InChI is InChI=1S/C11H17NOS/c1-9-4-5-12-7-11(9)13-8-10-3-2-6-14-10/h2-3,6,9,11-12H,4-5,7-8H2,1H3. The number of hydrogen-bond donors (Lipinski definition) is 1. The van der Waals surface area contributed by atoms with Gasteiger partial charge in [0, 0.05) is 11.4 Å². The van der Waals surface area contributed by atoms with E-state index >= 15 is 0 Å². The minimum atomic E-state index is 0.394. The Morgan fingerprint density at radius 2 is 2.57 bits per heavy atom. The van der Waals surface area contributed by atoms with Crippen LogP contribution >= 0.6 is 11.3 Å². The molecule has 2 heterocycles. The summed E-state index contributed by atoms with van der Waals surface area (Å²) in [4.78, 5) is 1.32. The predicted molar refractivity (Wildman–Crippen MR) is 59.5 cm³/mol. The van der Waals surface area contributed by atoms with Crippen molar-refractivity contribution in [2.45, 2.75) is 26.1 Å². The first-order chi connectivity index (χ1) is 6.86. The molecule has 0 bridgehead atoms. The van der Waals surface area contributed by atoms with Crippen LogP contribution in [0.4, 0.5) is 0 Å². The van der Waals surface area contributed by atoms with Crippen molar-refractivity contribution in [3.8, 4) is 0 Å². The highest BCUT2D eigenvalue weighted by atomic mass is 32.1. The van der Waals surface area contributed by atoms with Crippen LogP contribution in [0.25, 0.3) is 0 Å². The van der Waals surface area contributed by atoms with E-state index in [9.17, 15) is 0 Å². The van der Waals surface area contributed by atoms with Crippen molar-refractivity contribution in [2.24, 2.45) is 5.92 Å². The Morgan fingerprint density at radius 1 is 1.64 bits per heavy atom. The van der Waals surface area contributed by atoms with Crippen molar-refractivity contribution in [1.82, 2.24) is 5.32 Å². The molecule has 0 aliphatic carbocycles. The third kappa shape index (κ3) is 2.56. The van der Waals surface area contributed by atoms with Crippen LogP contribution in [0.2, 0.25) is 0 Å². The van der Waals surface area contributed by atoms with Crippen LogP contribution in [-0.4, -0.2) is 19.2 Å². The molecule has 3 heteroatoms. The minimum Gasteiger partial charge on any atom is -0.371 e. The van der Waals surface area contributed by atoms with Crippen molar-refractivity contribution in [1.29, 1.82) is 0 Å². The zero-order valence-electron chi connectivity index (χ0n) is 8.53. The number of thiophene rings is 1. The Balaban J connectivity index is 1.79. The SMILES string of the molecule is CC1CCNCC1OCc1cccs1. The zero-order chi connectivity index (χ0) is 9.80. The largest absolute Gasteiger partial charge is 0.371 e. The summed E-state index contributed by atoms with van der Waals surface area (Å²) in [6, 6.07) is 4.21. The van der Waals surface area contributed by atoms with Crippen molar-refractivity contribution >= 4 is 11.3 Å². The molecule has 1 aliphatic rings. The van der Waals surface area contributed by atoms with Crippen molar-refractivity contribution in [3.63, 3.8) is 0 Å². The summed E-state index contributed by atoms with van der Waals surface area (Å²) in [5.74, 6) is 0.691. The van der Waals surface area contributed by atoms with Gasteiger partial charge in [-0.2, -0.15) is 0 Å². The van der Waals surface area contributed by atoms with Gasteiger partial charge in [-0.3, -0.25) is 0 Å². The maximum Gasteiger partial charge on any atom is 0.0813 e. The number of piperidine rings is 1. The molecule has 2 atom stereocenters. The second-order valence-corrected chi connectivity index (χ2v) is 4.93. The van der Waals surface area contributed by atoms with Gasteiger partial charge in [-0.05, 0) is 30.3 Å². The second-order valence-electron chi connectivity index (χ2n) is 3.90. The quantitative estimate of drug-likeness (QED) is 0.828. The summed E-state index contributed by atoms with van der Waals surface area (Å²) >= 11 is 1.77. The minimum absolute atomic E-state index is 0.394. The summed E-state index contributed by atoms with van der Waals surface area (Å²) < 4.78 is 5.89. The normalized spacial score (nSPS) is 27.8. The molecule has 0 aromatic carbocycles. The lowest BCUT2D eigenvalue weighted by molar-refractivity contribution is -0.00539. The molecule has 1 aromatic heterocycles. The molecular weight excluding hydrogens is 194 g/mol. The topological polar surface area (TPSA) is 21.3 Å². The van der Waals surface area contributed by atoms with E-state index in [-0.39, 0.29) is 0 Å². The number of ether oxygens (including phenoxy) is 1. The fraction of sp³-hybridized carbons (Fsp3) is 0.636. The van der Waals surface area contributed by atoms with Gasteiger partial charge in [0.25, 0.3) is 0 Å². The molecule has 0 saturated carbocycles. The molecule has 1 saturated heterocycles. The molecule has 1 fully saturated rings. The fourth-order valence-corrected chi connectivity index (χ4v) is 2.39. The van der Waals surface area contributed by atoms with Crippen LogP contribution in [0.5, 0.6) is 0 Å². The second kappa shape index (κ2) is 4.91. The lowest BCUT2D eigenvalue weighted by Crippen LogP contribution is -2.40. The van der Waals surface area contributed by atoms with E-state index in [0.717, 1.165) is 19.7 Å². The van der Waals surface area contributed by atoms with Gasteiger partial charge in [0.15, 0.2) is 0 Å². The maximum absolute atomic E-state index is 5.89. The number of hydrogen-bond acceptors (Lipinski definition) is 3. The third-order valence-electron chi connectivity index (χ3n) is 2.78. The van der Waals surface area contributed by atoms with E-state index in [4.69, 9.17) is 4.74 Å². The monoisotopic (exact) mass is 211 g/mol. The Kier molecular flexibility index (Phi) is 3.56. The highest BCUT2D eigenvalue weighted by Gasteiger charge is 2.21. The summed E-state index contributed by atoms with van der Waals surface area (Å²) in [5, 5.41) is 5.47. The molecule has 1 N–H and O–H groups in total. The summed E-state index contributed by atoms with van der Waals surface area (Å²) in [5.41, 5.74) is 0. The Hall–Kier alpha value is -0.380. The van der Waals surface area contributed by atoms with Gasteiger partial charge >= 0.3 is 0 Å². The van der Waals surface area contributed by atoms with Crippen LogP contribution in [-0.2, 0) is 11.3 Å². The van der Waals surface area contributed by atoms with E-state index in [1.54, 1.807) is 11.3 Å². The van der Waals surface area contributed by atoms with Crippen molar-refractivity contribution < 1.29 is 4.74 Å². The van der Waals surface area contributed by atoms with Gasteiger partial charge in [-0.25, -0.2) is 0 Å². The first-order valence-corrected chi connectivity index (χ1v) is 6.09. The van der Waals surface area contributed by atoms with Gasteiger partial charge < -0.3 is 10.1 Å². The van der Waals surface area contributed by atoms with Crippen LogP contribution in [0, 0.1) is 5.92 Å². The van der Waals surface area contributed by atoms with E-state index in [2.05, 4.69) is 29.8 Å². The molecule has 1 aliphatic heterocycles. The highest BCUT2D eigenvalue weighted by molar-refractivity contribution is 7.09. The Bertz CT molecular complexity index is 260. The lowest BCUT2D eigenvalue weighted by atomic mass is 9.97. The van der Waals surface area contributed by atoms with Gasteiger partial charge in [0.1, 0.15) is 0 Å². The van der Waals surface area contributed by atoms with Crippen molar-refractivity contribution in [2.75, 3.05) is 13.1 Å². The first kappa shape index (κ1) is 10.1. The maximum atomic E-state index is 5.89. The molecule has 2 nitrogen and oxygen atoms in total. The number of rotatable bonds is 3. The predicted octanol–water partition coefficient (Wildman–Crippen LogP) is 2.26. The summed E-state index contributed by atoms with van der Waals surface area (Å²) in [6.45, 7) is 5.20. The first-order valence-electron chi connectivity index (χ1n) is 5.21. The van der Waals surface area contributed by atoms with E-state index < -0.39 is 0 Å². The molecule has 1 aromatic rings. The van der Waals surface area contributed by atoms with Gasteiger partial charge in [-0.1, -0.05) is 13.0 Å². The summed E-state index contributed by atoms with van der Waals surface area (Å²) in [7, 11) is 0. The average Bonchev–Trinajstić information content (AvgIpc) is 2.69. The van der Waals surface area contributed by atoms with E-state index in [1.165, 1.54) is 11.3 Å². The lowest BCUT2D eigenvalue weighted by Gasteiger charge is -2.29. The van der Waals surface area contributed by atoms with Gasteiger partial charge in [0.05, 0.1) is 12.7 Å². The number of nitrogens with one attached hydrogen (secondary N) is 1. The molecule has 0 amide bonds. The smallest absolute Gasteiger partial charge is 0.0813 e. The van der Waals surface area contributed by atoms with Crippen molar-refractivity contribution in [3.05, 3.63) is 22.4 Å². The van der Waals surface area contributed by atoms with Crippen LogP contribution < -0.4 is 5.32 Å². The molecule has 14 heavy (non-hydrogen) atoms. The molecule has 0 spiro atoms. The van der Waals surface area contributed by atoms with E-state index in [0.29, 0.717) is 12.0 Å². The zero-order valence-corrected chi connectivity index (χ0v) is 9.35. The molecular formula is C11H17NOS. The third-order valence-corrected chi connectivity index (χ3v) is 3.63. The Morgan fingerprint density at radius 3 is 3.29 bits per heavy atom. The fourth-order valence-electron chi connectivity index (χ4n) is 1.77. The van der Waals surface area contributed by atoms with Gasteiger partial charge in [-0.15, -0.1) is 11.3 Å². The molecule has 2 rings (SSSR count). The molecule has 0 radical (unpaired) electrons. The van der Waals surface area contributed by atoms with E-state index in [1.807, 2.05) is 0 Å². The Labute approximate surface area is 89.3 Å². The van der Waals surface area contributed by atoms with Crippen LogP contribution in [0.3, 0.4) is 0 Å². The molecule has 78 valence electrons. The summed E-state index contributed by atoms with van der Waals surface area (Å²) in [6.07, 6.45) is 1.63.